The fraction of sp³-hybridized carbons (Fsp3) is 0.667. The molecule has 0 aliphatic rings. The predicted molar refractivity (Wildman–Crippen MR) is 48.1 cm³/mol. The normalized spacial score (nSPS) is 10.6. The lowest BCUT2D eigenvalue weighted by Crippen LogP contribution is -2.32. The number of nitrogens with zero attached hydrogens (tertiary/aromatic N) is 2. The third kappa shape index (κ3) is 3.57. The van der Waals surface area contributed by atoms with Crippen LogP contribution in [0.3, 0.4) is 0 Å². The first-order valence-electron chi connectivity index (χ1n) is 4.48. The van der Waals surface area contributed by atoms with Crippen LogP contribution in [0.25, 0.3) is 0 Å². The van der Waals surface area contributed by atoms with E-state index >= 15 is 0 Å². The maximum Gasteiger partial charge on any atom is 0.245 e. The molecule has 0 aliphatic heterocycles. The Labute approximate surface area is 78.7 Å². The van der Waals surface area contributed by atoms with Gasteiger partial charge in [-0.25, -0.2) is 9.13 Å². The molecule has 0 saturated heterocycles. The smallest absolute Gasteiger partial charge is 0.245 e. The molecular weight excluding hydrogens is 168 g/mol. The Hall–Kier alpha value is -0.870. The molecule has 0 spiro atoms. The zero-order valence-electron chi connectivity index (χ0n) is 8.27. The van der Waals surface area contributed by atoms with Crippen molar-refractivity contribution in [2.24, 2.45) is 0 Å². The lowest BCUT2D eigenvalue weighted by atomic mass is 10.7. The quantitative estimate of drug-likeness (QED) is 0.600. The summed E-state index contributed by atoms with van der Waals surface area (Å²) < 4.78 is 14.3. The molecule has 0 N–H and O–H groups in total. The van der Waals surface area contributed by atoms with Crippen LogP contribution in [0.4, 0.5) is 0 Å². The second-order valence-electron chi connectivity index (χ2n) is 2.78. The lowest BCUT2D eigenvalue weighted by molar-refractivity contribution is -0.732. The molecule has 4 nitrogen and oxygen atoms in total. The van der Waals surface area contributed by atoms with E-state index in [4.69, 9.17) is 9.47 Å². The summed E-state index contributed by atoms with van der Waals surface area (Å²) in [6.07, 6.45) is 6.01. The van der Waals surface area contributed by atoms with Gasteiger partial charge in [0.2, 0.25) is 6.33 Å². The van der Waals surface area contributed by atoms with Gasteiger partial charge in [0.05, 0.1) is 6.61 Å². The molecule has 0 fully saturated rings. The first-order chi connectivity index (χ1) is 6.36. The van der Waals surface area contributed by atoms with Crippen LogP contribution in [-0.4, -0.2) is 24.9 Å². The number of rotatable bonds is 6. The van der Waals surface area contributed by atoms with Crippen LogP contribution in [0.5, 0.6) is 0 Å². The summed E-state index contributed by atoms with van der Waals surface area (Å²) in [7, 11) is 1.71. The first-order valence-corrected chi connectivity index (χ1v) is 4.48. The Balaban J connectivity index is 2.34. The van der Waals surface area contributed by atoms with E-state index in [1.54, 1.807) is 7.11 Å². The van der Waals surface area contributed by atoms with Crippen molar-refractivity contribution < 1.29 is 14.0 Å². The number of aromatic nitrogens is 2. The van der Waals surface area contributed by atoms with E-state index in [2.05, 4.69) is 4.57 Å². The average molecular weight is 185 g/mol. The molecule has 0 aromatic carbocycles. The summed E-state index contributed by atoms with van der Waals surface area (Å²) in [4.78, 5) is 0. The minimum atomic E-state index is 0.622. The molecule has 0 unspecified atom stereocenters. The summed E-state index contributed by atoms with van der Waals surface area (Å²) in [6.45, 7) is 4.98. The van der Waals surface area contributed by atoms with E-state index in [9.17, 15) is 0 Å². The van der Waals surface area contributed by atoms with Crippen LogP contribution >= 0.6 is 0 Å². The minimum absolute atomic E-state index is 0.622. The molecule has 0 bridgehead atoms. The molecule has 1 aromatic rings. The third-order valence-electron chi connectivity index (χ3n) is 1.74. The Bertz CT molecular complexity index is 213. The van der Waals surface area contributed by atoms with Crippen LogP contribution in [0, 0.1) is 0 Å². The maximum atomic E-state index is 5.26. The fourth-order valence-corrected chi connectivity index (χ4v) is 1.04. The molecule has 74 valence electrons. The molecule has 0 atom stereocenters. The highest BCUT2D eigenvalue weighted by Crippen LogP contribution is 1.85. The standard InChI is InChI=1S/C9H17N2O2/c1-3-13-9-11-5-4-10(8-11)6-7-12-2/h4-5,8H,3,6-7,9H2,1-2H3/q+1. The highest BCUT2D eigenvalue weighted by Gasteiger charge is 2.01. The summed E-state index contributed by atoms with van der Waals surface area (Å²) in [5.74, 6) is 0. The number of hydrogen-bond acceptors (Lipinski definition) is 2. The lowest BCUT2D eigenvalue weighted by Gasteiger charge is -1.95. The second kappa shape index (κ2) is 5.72. The second-order valence-corrected chi connectivity index (χ2v) is 2.78. The van der Waals surface area contributed by atoms with Gasteiger partial charge < -0.3 is 9.47 Å². The van der Waals surface area contributed by atoms with Crippen molar-refractivity contribution in [1.29, 1.82) is 0 Å². The molecule has 1 rings (SSSR count). The zero-order valence-corrected chi connectivity index (χ0v) is 8.27. The van der Waals surface area contributed by atoms with Crippen LogP contribution in [-0.2, 0) is 22.7 Å². The number of hydrogen-bond donors (Lipinski definition) is 0. The summed E-state index contributed by atoms with van der Waals surface area (Å²) in [5, 5.41) is 0. The van der Waals surface area contributed by atoms with Crippen molar-refractivity contribution in [3.63, 3.8) is 0 Å². The van der Waals surface area contributed by atoms with Gasteiger partial charge in [0, 0.05) is 13.7 Å². The van der Waals surface area contributed by atoms with Gasteiger partial charge in [0.15, 0.2) is 6.73 Å². The van der Waals surface area contributed by atoms with Crippen molar-refractivity contribution in [2.75, 3.05) is 20.3 Å². The van der Waals surface area contributed by atoms with Gasteiger partial charge in [-0.1, -0.05) is 0 Å². The van der Waals surface area contributed by atoms with E-state index in [0.29, 0.717) is 6.73 Å². The highest BCUT2D eigenvalue weighted by atomic mass is 16.5. The van der Waals surface area contributed by atoms with Gasteiger partial charge in [-0.3, -0.25) is 0 Å². The van der Waals surface area contributed by atoms with Crippen molar-refractivity contribution in [1.82, 2.24) is 4.57 Å². The van der Waals surface area contributed by atoms with Crippen LogP contribution in [0.2, 0.25) is 0 Å². The Morgan fingerprint density at radius 3 is 3.00 bits per heavy atom. The van der Waals surface area contributed by atoms with Gasteiger partial charge in [-0.2, -0.15) is 0 Å². The van der Waals surface area contributed by atoms with E-state index in [1.807, 2.05) is 30.2 Å². The monoisotopic (exact) mass is 185 g/mol. The molecular formula is C9H17N2O2+. The van der Waals surface area contributed by atoms with Gasteiger partial charge in [0.1, 0.15) is 18.9 Å². The summed E-state index contributed by atoms with van der Waals surface area (Å²) in [5.41, 5.74) is 0. The fourth-order valence-electron chi connectivity index (χ4n) is 1.04. The first kappa shape index (κ1) is 10.2. The van der Waals surface area contributed by atoms with Crippen molar-refractivity contribution in [3.8, 4) is 0 Å². The van der Waals surface area contributed by atoms with Gasteiger partial charge in [-0.05, 0) is 6.92 Å². The van der Waals surface area contributed by atoms with Crippen molar-refractivity contribution >= 4 is 0 Å². The minimum Gasteiger partial charge on any atom is -0.381 e. The summed E-state index contributed by atoms with van der Waals surface area (Å²) in [6, 6.07) is 0. The molecule has 0 saturated carbocycles. The van der Waals surface area contributed by atoms with Crippen LogP contribution in [0.15, 0.2) is 18.7 Å². The topological polar surface area (TPSA) is 27.3 Å². The Morgan fingerprint density at radius 2 is 2.31 bits per heavy atom. The van der Waals surface area contributed by atoms with Crippen molar-refractivity contribution in [3.05, 3.63) is 18.7 Å². The zero-order chi connectivity index (χ0) is 9.52. The number of methoxy groups -OCH3 is 1. The van der Waals surface area contributed by atoms with Gasteiger partial charge >= 0.3 is 0 Å². The molecule has 1 heterocycles. The van der Waals surface area contributed by atoms with Crippen LogP contribution < -0.4 is 4.57 Å². The summed E-state index contributed by atoms with van der Waals surface area (Å²) >= 11 is 0. The average Bonchev–Trinajstić information content (AvgIpc) is 2.59. The van der Waals surface area contributed by atoms with Gasteiger partial charge in [-0.15, -0.1) is 0 Å². The number of imidazole rings is 1. The molecule has 13 heavy (non-hydrogen) atoms. The molecule has 1 aromatic heterocycles. The van der Waals surface area contributed by atoms with Crippen LogP contribution in [0.1, 0.15) is 6.92 Å². The highest BCUT2D eigenvalue weighted by molar-refractivity contribution is 4.65. The third-order valence-corrected chi connectivity index (χ3v) is 1.74. The Kier molecular flexibility index (Phi) is 4.49. The van der Waals surface area contributed by atoms with E-state index < -0.39 is 0 Å². The largest absolute Gasteiger partial charge is 0.381 e. The Morgan fingerprint density at radius 1 is 1.46 bits per heavy atom. The van der Waals surface area contributed by atoms with E-state index in [-0.39, 0.29) is 0 Å². The SMILES string of the molecule is CCOC[n+]1ccn(CCOC)c1. The number of ether oxygens (including phenoxy) is 2. The maximum absolute atomic E-state index is 5.26. The van der Waals surface area contributed by atoms with E-state index in [1.165, 1.54) is 0 Å². The molecule has 0 amide bonds. The van der Waals surface area contributed by atoms with Crippen molar-refractivity contribution in [2.45, 2.75) is 20.2 Å². The van der Waals surface area contributed by atoms with E-state index in [0.717, 1.165) is 19.8 Å². The predicted octanol–water partition coefficient (Wildman–Crippen LogP) is 0.416. The molecule has 4 heteroatoms. The van der Waals surface area contributed by atoms with Gasteiger partial charge in [0.25, 0.3) is 0 Å². The molecule has 0 radical (unpaired) electrons. The molecule has 0 aliphatic carbocycles.